The molecule has 1 aliphatic rings. The molecule has 1 aliphatic heterocycles. The fourth-order valence-corrected chi connectivity index (χ4v) is 2.59. The van der Waals surface area contributed by atoms with E-state index < -0.39 is 0 Å². The molecule has 1 saturated heterocycles. The maximum atomic E-state index is 4.66. The molecule has 112 valence electrons. The Bertz CT molecular complexity index is 411. The molecule has 0 saturated carbocycles. The number of nitrogens with one attached hydrogen (secondary N) is 2. The second-order valence-electron chi connectivity index (χ2n) is 6.08. The van der Waals surface area contributed by atoms with E-state index in [9.17, 15) is 0 Å². The highest BCUT2D eigenvalue weighted by atomic mass is 15.0. The van der Waals surface area contributed by atoms with E-state index in [1.54, 1.807) is 0 Å². The molecule has 0 bridgehead atoms. The van der Waals surface area contributed by atoms with Crippen molar-refractivity contribution in [1.82, 2.24) is 15.3 Å². The minimum Gasteiger partial charge on any atom is -0.370 e. The van der Waals surface area contributed by atoms with Gasteiger partial charge in [-0.05, 0) is 38.3 Å². The molecule has 0 radical (unpaired) electrons. The largest absolute Gasteiger partial charge is 0.370 e. The maximum absolute atomic E-state index is 4.66. The standard InChI is InChI=1S/C16H28N4/c1-4-5-14-10-15(20-16(19-14)12(2)3)18-11-13-6-8-17-9-7-13/h10,12-13,17H,4-9,11H2,1-3H3,(H,18,19,20). The summed E-state index contributed by atoms with van der Waals surface area (Å²) in [4.78, 5) is 9.32. The molecule has 1 aromatic heterocycles. The molecule has 0 amide bonds. The van der Waals surface area contributed by atoms with Gasteiger partial charge < -0.3 is 10.6 Å². The summed E-state index contributed by atoms with van der Waals surface area (Å²) >= 11 is 0. The smallest absolute Gasteiger partial charge is 0.133 e. The van der Waals surface area contributed by atoms with Crippen molar-refractivity contribution in [2.75, 3.05) is 25.0 Å². The Morgan fingerprint density at radius 3 is 2.70 bits per heavy atom. The van der Waals surface area contributed by atoms with Crippen LogP contribution in [0.4, 0.5) is 5.82 Å². The number of hydrogen-bond acceptors (Lipinski definition) is 4. The minimum absolute atomic E-state index is 0.381. The first-order valence-electron chi connectivity index (χ1n) is 8.01. The molecule has 0 aromatic carbocycles. The maximum Gasteiger partial charge on any atom is 0.133 e. The van der Waals surface area contributed by atoms with Crippen molar-refractivity contribution in [3.05, 3.63) is 17.6 Å². The lowest BCUT2D eigenvalue weighted by Gasteiger charge is -2.23. The van der Waals surface area contributed by atoms with Crippen molar-refractivity contribution < 1.29 is 0 Å². The minimum atomic E-state index is 0.381. The molecule has 20 heavy (non-hydrogen) atoms. The van der Waals surface area contributed by atoms with E-state index in [1.807, 2.05) is 0 Å². The second-order valence-corrected chi connectivity index (χ2v) is 6.08. The zero-order chi connectivity index (χ0) is 14.4. The van der Waals surface area contributed by atoms with Crippen molar-refractivity contribution in [1.29, 1.82) is 0 Å². The first-order chi connectivity index (χ1) is 9.69. The van der Waals surface area contributed by atoms with Gasteiger partial charge in [-0.1, -0.05) is 27.2 Å². The second kappa shape index (κ2) is 7.58. The van der Waals surface area contributed by atoms with Crippen LogP contribution < -0.4 is 10.6 Å². The van der Waals surface area contributed by atoms with Crippen molar-refractivity contribution in [3.63, 3.8) is 0 Å². The van der Waals surface area contributed by atoms with E-state index in [1.165, 1.54) is 18.5 Å². The molecule has 2 heterocycles. The molecule has 0 aliphatic carbocycles. The van der Waals surface area contributed by atoms with Crippen LogP contribution >= 0.6 is 0 Å². The zero-order valence-corrected chi connectivity index (χ0v) is 13.1. The van der Waals surface area contributed by atoms with Gasteiger partial charge in [0.05, 0.1) is 0 Å². The molecular weight excluding hydrogens is 248 g/mol. The van der Waals surface area contributed by atoms with E-state index >= 15 is 0 Å². The number of rotatable bonds is 6. The molecule has 0 unspecified atom stereocenters. The van der Waals surface area contributed by atoms with Crippen LogP contribution in [0.5, 0.6) is 0 Å². The van der Waals surface area contributed by atoms with Gasteiger partial charge in [0.15, 0.2) is 0 Å². The van der Waals surface area contributed by atoms with Crippen molar-refractivity contribution in [2.24, 2.45) is 5.92 Å². The molecule has 2 rings (SSSR count). The van der Waals surface area contributed by atoms with Gasteiger partial charge >= 0.3 is 0 Å². The third-order valence-corrected chi connectivity index (χ3v) is 3.85. The summed E-state index contributed by atoms with van der Waals surface area (Å²) in [5.41, 5.74) is 1.17. The van der Waals surface area contributed by atoms with Gasteiger partial charge in [0.2, 0.25) is 0 Å². The van der Waals surface area contributed by atoms with Crippen LogP contribution in [0.2, 0.25) is 0 Å². The fourth-order valence-electron chi connectivity index (χ4n) is 2.59. The highest BCUT2D eigenvalue weighted by Gasteiger charge is 2.13. The highest BCUT2D eigenvalue weighted by Crippen LogP contribution is 2.17. The van der Waals surface area contributed by atoms with Gasteiger partial charge in [-0.3, -0.25) is 0 Å². The van der Waals surface area contributed by atoms with Gasteiger partial charge in [0, 0.05) is 24.2 Å². The summed E-state index contributed by atoms with van der Waals surface area (Å²) in [7, 11) is 0. The molecule has 0 spiro atoms. The number of piperidine rings is 1. The van der Waals surface area contributed by atoms with E-state index in [0.717, 1.165) is 50.0 Å². The van der Waals surface area contributed by atoms with Crippen LogP contribution in [0.25, 0.3) is 0 Å². The number of hydrogen-bond donors (Lipinski definition) is 2. The summed E-state index contributed by atoms with van der Waals surface area (Å²) < 4.78 is 0. The van der Waals surface area contributed by atoms with Gasteiger partial charge in [0.1, 0.15) is 11.6 Å². The van der Waals surface area contributed by atoms with E-state index in [2.05, 4.69) is 47.4 Å². The first kappa shape index (κ1) is 15.2. The summed E-state index contributed by atoms with van der Waals surface area (Å²) in [6.45, 7) is 9.83. The van der Waals surface area contributed by atoms with Crippen LogP contribution in [0, 0.1) is 5.92 Å². The zero-order valence-electron chi connectivity index (χ0n) is 13.1. The van der Waals surface area contributed by atoms with E-state index in [-0.39, 0.29) is 0 Å². The molecule has 4 nitrogen and oxygen atoms in total. The average Bonchev–Trinajstić information content (AvgIpc) is 2.46. The average molecular weight is 276 g/mol. The summed E-state index contributed by atoms with van der Waals surface area (Å²) in [5, 5.41) is 6.94. The molecular formula is C16H28N4. The number of anilines is 1. The van der Waals surface area contributed by atoms with Gasteiger partial charge in [-0.15, -0.1) is 0 Å². The Kier molecular flexibility index (Phi) is 5.77. The first-order valence-corrected chi connectivity index (χ1v) is 8.01. The monoisotopic (exact) mass is 276 g/mol. The quantitative estimate of drug-likeness (QED) is 0.838. The third-order valence-electron chi connectivity index (χ3n) is 3.85. The fraction of sp³-hybridized carbons (Fsp3) is 0.750. The molecule has 4 heteroatoms. The molecule has 1 fully saturated rings. The SMILES string of the molecule is CCCc1cc(NCC2CCNCC2)nc(C(C)C)n1. The number of aromatic nitrogens is 2. The van der Waals surface area contributed by atoms with Crippen LogP contribution in [-0.2, 0) is 6.42 Å². The lowest BCUT2D eigenvalue weighted by Crippen LogP contribution is -2.31. The van der Waals surface area contributed by atoms with Crippen molar-refractivity contribution >= 4 is 5.82 Å². The Balaban J connectivity index is 2.01. The van der Waals surface area contributed by atoms with Crippen molar-refractivity contribution in [3.8, 4) is 0 Å². The molecule has 0 atom stereocenters. The lowest BCUT2D eigenvalue weighted by molar-refractivity contribution is 0.389. The topological polar surface area (TPSA) is 49.8 Å². The molecule has 2 N–H and O–H groups in total. The van der Waals surface area contributed by atoms with E-state index in [4.69, 9.17) is 0 Å². The van der Waals surface area contributed by atoms with Crippen molar-refractivity contribution in [2.45, 2.75) is 52.4 Å². The van der Waals surface area contributed by atoms with Gasteiger partial charge in [-0.25, -0.2) is 9.97 Å². The predicted molar refractivity (Wildman–Crippen MR) is 84.2 cm³/mol. The predicted octanol–water partition coefficient (Wildman–Crippen LogP) is 2.96. The van der Waals surface area contributed by atoms with Crippen LogP contribution in [-0.4, -0.2) is 29.6 Å². The van der Waals surface area contributed by atoms with Gasteiger partial charge in [-0.2, -0.15) is 0 Å². The van der Waals surface area contributed by atoms with Crippen LogP contribution in [0.1, 0.15) is 57.5 Å². The Morgan fingerprint density at radius 2 is 2.05 bits per heavy atom. The van der Waals surface area contributed by atoms with Gasteiger partial charge in [0.25, 0.3) is 0 Å². The van der Waals surface area contributed by atoms with E-state index in [0.29, 0.717) is 5.92 Å². The Morgan fingerprint density at radius 1 is 1.30 bits per heavy atom. The molecule has 1 aromatic rings. The Hall–Kier alpha value is -1.16. The highest BCUT2D eigenvalue weighted by molar-refractivity contribution is 5.36. The van der Waals surface area contributed by atoms with Crippen LogP contribution in [0.3, 0.4) is 0 Å². The number of nitrogens with zero attached hydrogens (tertiary/aromatic N) is 2. The summed E-state index contributed by atoms with van der Waals surface area (Å²) in [6.07, 6.45) is 4.68. The summed E-state index contributed by atoms with van der Waals surface area (Å²) in [5.74, 6) is 3.11. The van der Waals surface area contributed by atoms with Crippen LogP contribution in [0.15, 0.2) is 6.07 Å². The summed E-state index contributed by atoms with van der Waals surface area (Å²) in [6, 6.07) is 2.12. The third kappa shape index (κ3) is 4.44. The number of aryl methyl sites for hydroxylation is 1. The normalized spacial score (nSPS) is 16.6. The lowest BCUT2D eigenvalue weighted by atomic mass is 9.98. The Labute approximate surface area is 122 Å².